The molecular weight excluding hydrogens is 602 g/mol. The second-order valence-electron chi connectivity index (χ2n) is 8.86. The number of hydrogen-bond donors (Lipinski definition) is 2. The van der Waals surface area contributed by atoms with E-state index in [4.69, 9.17) is 9.47 Å². The zero-order valence-corrected chi connectivity index (χ0v) is 24.8. The lowest BCUT2D eigenvalue weighted by molar-refractivity contribution is -0.757. The summed E-state index contributed by atoms with van der Waals surface area (Å²) in [4.78, 5) is 38.7. The van der Waals surface area contributed by atoms with Gasteiger partial charge >= 0.3 is 5.97 Å². The Bertz CT molecular complexity index is 1550. The highest BCUT2D eigenvalue weighted by molar-refractivity contribution is 7.95. The Hall–Kier alpha value is -3.54. The van der Waals surface area contributed by atoms with E-state index in [9.17, 15) is 36.5 Å². The van der Waals surface area contributed by atoms with Gasteiger partial charge in [0.25, 0.3) is 21.0 Å². The van der Waals surface area contributed by atoms with E-state index in [1.807, 2.05) is 11.6 Å². The first-order chi connectivity index (χ1) is 19.3. The Kier molecular flexibility index (Phi) is 10.5. The molecule has 1 aliphatic rings. The minimum atomic E-state index is -4.36. The summed E-state index contributed by atoms with van der Waals surface area (Å²) in [6.45, 7) is 3.74. The van der Waals surface area contributed by atoms with Gasteiger partial charge in [0.1, 0.15) is 8.42 Å². The van der Waals surface area contributed by atoms with Gasteiger partial charge in [-0.3, -0.25) is 9.59 Å². The summed E-state index contributed by atoms with van der Waals surface area (Å²) in [5.74, 6) is -1.43. The number of carbonyl (C=O) groups excluding carboxylic acids is 2. The number of amides is 1. The largest absolute Gasteiger partial charge is 0.493 e. The number of thiophene rings is 1. The molecule has 3 rings (SSSR count). The standard InChI is InChI=1S/C24H29N3O11S3/c1-4-25-18-12-15(2)40(32,33)24-17(18)14-23(39-24)41(34,35)26-21(28)10-8-16-7-9-19(20(13-16)36-3)38-22(29)6-5-11-37-27(30)31/h7-10,13-15,18,25H,4-6,11-12H2,1-3H3,(H,26,28)/t15?,18-/m0/s1. The zero-order valence-electron chi connectivity index (χ0n) is 22.3. The topological polar surface area (TPSA) is 197 Å². The van der Waals surface area contributed by atoms with E-state index < -0.39 is 42.1 Å². The number of nitrogens with one attached hydrogen (secondary N) is 2. The fraction of sp³-hybridized carbons (Fsp3) is 0.417. The molecule has 1 aromatic heterocycles. The van der Waals surface area contributed by atoms with Crippen LogP contribution in [0.3, 0.4) is 0 Å². The van der Waals surface area contributed by atoms with Crippen molar-refractivity contribution in [3.05, 3.63) is 51.6 Å². The van der Waals surface area contributed by atoms with Gasteiger partial charge < -0.3 is 19.6 Å². The van der Waals surface area contributed by atoms with Gasteiger partial charge in [0, 0.05) is 24.1 Å². The Balaban J connectivity index is 1.69. The molecule has 0 fully saturated rings. The van der Waals surface area contributed by atoms with E-state index in [2.05, 4.69) is 10.2 Å². The summed E-state index contributed by atoms with van der Waals surface area (Å²) in [5.41, 5.74) is 0.782. The lowest BCUT2D eigenvalue weighted by atomic mass is 10.1. The average molecular weight is 632 g/mol. The zero-order chi connectivity index (χ0) is 30.4. The molecule has 0 bridgehead atoms. The summed E-state index contributed by atoms with van der Waals surface area (Å²) in [6.07, 6.45) is 2.51. The summed E-state index contributed by atoms with van der Waals surface area (Å²) in [7, 11) is -6.74. The maximum Gasteiger partial charge on any atom is 0.311 e. The lowest BCUT2D eigenvalue weighted by Gasteiger charge is -2.27. The van der Waals surface area contributed by atoms with E-state index in [1.165, 1.54) is 37.5 Å². The summed E-state index contributed by atoms with van der Waals surface area (Å²) in [5, 5.41) is 11.7. The lowest BCUT2D eigenvalue weighted by Crippen LogP contribution is -2.33. The molecule has 2 atom stereocenters. The molecule has 1 aromatic carbocycles. The van der Waals surface area contributed by atoms with Crippen LogP contribution in [0, 0.1) is 10.1 Å². The van der Waals surface area contributed by atoms with Crippen LogP contribution in [-0.2, 0) is 34.3 Å². The quantitative estimate of drug-likeness (QED) is 0.0819. The second-order valence-corrected chi connectivity index (χ2v) is 14.4. The Morgan fingerprint density at radius 1 is 1.24 bits per heavy atom. The number of sulfonamides is 1. The van der Waals surface area contributed by atoms with Gasteiger partial charge in [-0.2, -0.15) is 0 Å². The van der Waals surface area contributed by atoms with E-state index in [1.54, 1.807) is 6.92 Å². The number of sulfone groups is 1. The molecule has 1 amide bonds. The van der Waals surface area contributed by atoms with Gasteiger partial charge in [-0.15, -0.1) is 21.5 Å². The molecule has 2 heterocycles. The fourth-order valence-corrected chi connectivity index (χ4v) is 8.90. The maximum absolute atomic E-state index is 12.9. The molecule has 0 spiro atoms. The highest BCUT2D eigenvalue weighted by atomic mass is 32.3. The maximum atomic E-state index is 12.9. The van der Waals surface area contributed by atoms with Crippen LogP contribution in [-0.4, -0.2) is 59.3 Å². The van der Waals surface area contributed by atoms with Crippen molar-refractivity contribution >= 4 is 49.1 Å². The van der Waals surface area contributed by atoms with Crippen LogP contribution in [0.5, 0.6) is 11.5 Å². The van der Waals surface area contributed by atoms with Crippen LogP contribution in [0.4, 0.5) is 0 Å². The molecular formula is C24H29N3O11S3. The van der Waals surface area contributed by atoms with Gasteiger partial charge in [-0.1, -0.05) is 13.0 Å². The second kappa shape index (κ2) is 13.4. The monoisotopic (exact) mass is 631 g/mol. The third-order valence-corrected chi connectivity index (χ3v) is 11.7. The average Bonchev–Trinajstić information content (AvgIpc) is 3.37. The van der Waals surface area contributed by atoms with Crippen molar-refractivity contribution < 1.29 is 45.8 Å². The molecule has 41 heavy (non-hydrogen) atoms. The predicted molar refractivity (Wildman–Crippen MR) is 147 cm³/mol. The molecule has 2 aromatic rings. The van der Waals surface area contributed by atoms with Gasteiger partial charge in [0.2, 0.25) is 0 Å². The molecule has 2 N–H and O–H groups in total. The van der Waals surface area contributed by atoms with Crippen molar-refractivity contribution in [1.29, 1.82) is 0 Å². The van der Waals surface area contributed by atoms with Crippen molar-refractivity contribution in [1.82, 2.24) is 10.0 Å². The number of methoxy groups -OCH3 is 1. The third kappa shape index (κ3) is 8.02. The Morgan fingerprint density at radius 3 is 2.63 bits per heavy atom. The van der Waals surface area contributed by atoms with Crippen LogP contribution in [0.25, 0.3) is 6.08 Å². The smallest absolute Gasteiger partial charge is 0.311 e. The first-order valence-corrected chi connectivity index (χ1v) is 16.1. The minimum Gasteiger partial charge on any atom is -0.493 e. The van der Waals surface area contributed by atoms with Crippen molar-refractivity contribution in [2.75, 3.05) is 20.3 Å². The SMILES string of the molecule is CCN[C@H]1CC(C)S(=O)(=O)c2sc(S(=O)(=O)NC(=O)C=Cc3ccc(OC(=O)CCCO[N+](=O)[O-])c(OC)c3)cc21. The number of ether oxygens (including phenoxy) is 2. The fourth-order valence-electron chi connectivity index (χ4n) is 3.96. The number of fused-ring (bicyclic) bond motifs is 1. The van der Waals surface area contributed by atoms with Crippen LogP contribution in [0.2, 0.25) is 0 Å². The highest BCUT2D eigenvalue weighted by Crippen LogP contribution is 2.42. The van der Waals surface area contributed by atoms with E-state index in [0.717, 1.165) is 6.08 Å². The first-order valence-electron chi connectivity index (χ1n) is 12.3. The normalized spacial score (nSPS) is 17.9. The molecule has 0 saturated carbocycles. The van der Waals surface area contributed by atoms with Crippen LogP contribution >= 0.6 is 11.3 Å². The number of hydrogen-bond acceptors (Lipinski definition) is 13. The van der Waals surface area contributed by atoms with Gasteiger partial charge in [-0.05, 0) is 56.1 Å². The van der Waals surface area contributed by atoms with Gasteiger partial charge in [-0.25, -0.2) is 21.6 Å². The third-order valence-electron chi connectivity index (χ3n) is 5.94. The molecule has 0 saturated heterocycles. The van der Waals surface area contributed by atoms with Crippen LogP contribution in [0.15, 0.2) is 38.8 Å². The number of nitrogens with zero attached hydrogens (tertiary/aromatic N) is 1. The van der Waals surface area contributed by atoms with Gasteiger partial charge in [0.15, 0.2) is 21.3 Å². The van der Waals surface area contributed by atoms with Crippen molar-refractivity contribution in [2.24, 2.45) is 0 Å². The molecule has 224 valence electrons. The number of rotatable bonds is 13. The summed E-state index contributed by atoms with van der Waals surface area (Å²) in [6, 6.07) is 5.29. The number of esters is 1. The number of benzene rings is 1. The van der Waals surface area contributed by atoms with Crippen molar-refractivity contribution in [3.63, 3.8) is 0 Å². The molecule has 1 aliphatic heterocycles. The minimum absolute atomic E-state index is 0.0247. The molecule has 0 aliphatic carbocycles. The van der Waals surface area contributed by atoms with Gasteiger partial charge in [0.05, 0.1) is 19.0 Å². The molecule has 1 unspecified atom stereocenters. The summed E-state index contributed by atoms with van der Waals surface area (Å²) < 4.78 is 63.5. The van der Waals surface area contributed by atoms with E-state index >= 15 is 0 Å². The van der Waals surface area contributed by atoms with Crippen molar-refractivity contribution in [3.8, 4) is 11.5 Å². The van der Waals surface area contributed by atoms with Crippen LogP contribution in [0.1, 0.15) is 50.3 Å². The van der Waals surface area contributed by atoms with E-state index in [0.29, 0.717) is 35.4 Å². The van der Waals surface area contributed by atoms with Crippen LogP contribution < -0.4 is 19.5 Å². The molecule has 17 heteroatoms. The Labute approximate surface area is 240 Å². The van der Waals surface area contributed by atoms with Crippen molar-refractivity contribution in [2.45, 2.75) is 52.8 Å². The highest BCUT2D eigenvalue weighted by Gasteiger charge is 2.39. The number of carbonyl (C=O) groups is 2. The van der Waals surface area contributed by atoms with E-state index in [-0.39, 0.29) is 45.4 Å². The molecule has 14 nitrogen and oxygen atoms in total. The molecule has 0 radical (unpaired) electrons. The Morgan fingerprint density at radius 2 is 1.98 bits per heavy atom. The summed E-state index contributed by atoms with van der Waals surface area (Å²) >= 11 is 0.608. The first kappa shape index (κ1) is 32.0. The predicted octanol–water partition coefficient (Wildman–Crippen LogP) is 2.39.